The van der Waals surface area contributed by atoms with Crippen molar-refractivity contribution in [3.05, 3.63) is 52.9 Å². The number of aliphatic hydroxyl groups excluding tert-OH is 4. The minimum Gasteiger partial charge on any atom is -0.461 e. The second kappa shape index (κ2) is 6.61. The average molecular weight is 398 g/mol. The highest BCUT2D eigenvalue weighted by atomic mass is 16.7. The van der Waals surface area contributed by atoms with Crippen LogP contribution in [0.1, 0.15) is 0 Å². The van der Waals surface area contributed by atoms with Crippen LogP contribution >= 0.6 is 0 Å². The van der Waals surface area contributed by atoms with Crippen LogP contribution in [0.5, 0.6) is 5.75 Å². The first kappa shape index (κ1) is 18.2. The van der Waals surface area contributed by atoms with E-state index in [9.17, 15) is 25.2 Å². The van der Waals surface area contributed by atoms with E-state index in [4.69, 9.17) is 9.47 Å². The lowest BCUT2D eigenvalue weighted by atomic mass is 9.99. The number of pyridine rings is 2. The van der Waals surface area contributed by atoms with Crippen molar-refractivity contribution in [2.24, 2.45) is 0 Å². The number of rotatable bonds is 3. The zero-order chi connectivity index (χ0) is 20.3. The number of fused-ring (bicyclic) bond motifs is 3. The number of benzene rings is 1. The zero-order valence-corrected chi connectivity index (χ0v) is 15.0. The maximum absolute atomic E-state index is 12.5. The Balaban J connectivity index is 1.68. The van der Waals surface area contributed by atoms with E-state index in [2.05, 4.69) is 4.98 Å². The Morgan fingerprint density at radius 1 is 1.07 bits per heavy atom. The number of aromatic nitrogens is 2. The number of aliphatic hydroxyl groups is 4. The molecule has 4 N–H and O–H groups in total. The highest BCUT2D eigenvalue weighted by Gasteiger charge is 2.44. The molecular formula is C20H18N2O7. The van der Waals surface area contributed by atoms with Crippen LogP contribution < -0.4 is 10.3 Å². The van der Waals surface area contributed by atoms with Crippen LogP contribution in [0.3, 0.4) is 0 Å². The minimum absolute atomic E-state index is 0.213. The van der Waals surface area contributed by atoms with Gasteiger partial charge in [0.25, 0.3) is 5.56 Å². The third-order valence-electron chi connectivity index (χ3n) is 5.39. The first-order valence-corrected chi connectivity index (χ1v) is 9.13. The van der Waals surface area contributed by atoms with Gasteiger partial charge < -0.3 is 29.9 Å². The topological polar surface area (TPSA) is 134 Å². The minimum atomic E-state index is -1.55. The van der Waals surface area contributed by atoms with Crippen molar-refractivity contribution in [2.45, 2.75) is 30.7 Å². The number of nitrogens with zero attached hydrogens (tertiary/aromatic N) is 2. The molecule has 1 aliphatic heterocycles. The second-order valence-electron chi connectivity index (χ2n) is 7.06. The largest absolute Gasteiger partial charge is 0.461 e. The Morgan fingerprint density at radius 2 is 1.90 bits per heavy atom. The molecule has 9 nitrogen and oxygen atoms in total. The van der Waals surface area contributed by atoms with Gasteiger partial charge in [-0.25, -0.2) is 0 Å². The molecule has 0 saturated carbocycles. The fourth-order valence-electron chi connectivity index (χ4n) is 3.97. The van der Waals surface area contributed by atoms with E-state index >= 15 is 0 Å². The van der Waals surface area contributed by atoms with Crippen LogP contribution in [0, 0.1) is 0 Å². The number of hydrogen-bond acceptors (Lipinski definition) is 8. The molecule has 5 rings (SSSR count). The third kappa shape index (κ3) is 2.60. The summed E-state index contributed by atoms with van der Waals surface area (Å²) < 4.78 is 12.9. The summed E-state index contributed by atoms with van der Waals surface area (Å²) in [5.41, 5.74) is 1.69. The molecule has 0 radical (unpaired) electrons. The predicted octanol–water partition coefficient (Wildman–Crippen LogP) is -0.383. The number of hydrogen-bond donors (Lipinski definition) is 4. The first-order valence-electron chi connectivity index (χ1n) is 9.13. The Labute approximate surface area is 163 Å². The Hall–Kier alpha value is -2.82. The van der Waals surface area contributed by atoms with Crippen LogP contribution in [-0.2, 0) is 4.74 Å². The van der Waals surface area contributed by atoms with Gasteiger partial charge in [0.05, 0.1) is 28.5 Å². The summed E-state index contributed by atoms with van der Waals surface area (Å²) in [6.07, 6.45) is -5.33. The molecule has 1 aliphatic rings. The molecule has 150 valence electrons. The quantitative estimate of drug-likeness (QED) is 0.367. The van der Waals surface area contributed by atoms with Gasteiger partial charge in [-0.1, -0.05) is 6.07 Å². The molecule has 5 unspecified atom stereocenters. The number of ether oxygens (including phenoxy) is 2. The van der Waals surface area contributed by atoms with Gasteiger partial charge in [-0.05, 0) is 24.3 Å². The van der Waals surface area contributed by atoms with Crippen molar-refractivity contribution >= 4 is 27.3 Å². The molecule has 1 aromatic carbocycles. The lowest BCUT2D eigenvalue weighted by Crippen LogP contribution is -2.60. The molecule has 0 amide bonds. The van der Waals surface area contributed by atoms with Crippen LogP contribution in [0.15, 0.2) is 47.4 Å². The van der Waals surface area contributed by atoms with Crippen LogP contribution in [0.25, 0.3) is 27.3 Å². The van der Waals surface area contributed by atoms with E-state index in [1.54, 1.807) is 40.9 Å². The van der Waals surface area contributed by atoms with Crippen LogP contribution in [-0.4, -0.2) is 67.1 Å². The van der Waals surface area contributed by atoms with E-state index in [0.717, 1.165) is 5.39 Å². The highest BCUT2D eigenvalue weighted by Crippen LogP contribution is 2.37. The molecule has 1 fully saturated rings. The van der Waals surface area contributed by atoms with Crippen molar-refractivity contribution in [3.63, 3.8) is 0 Å². The fraction of sp³-hybridized carbons (Fsp3) is 0.300. The monoisotopic (exact) mass is 398 g/mol. The summed E-state index contributed by atoms with van der Waals surface area (Å²) in [7, 11) is 0. The van der Waals surface area contributed by atoms with Crippen molar-refractivity contribution in [2.75, 3.05) is 6.61 Å². The standard InChI is InChI=1S/C20H18N2O7/c23-8-13-17(25)18(26)19(27)20(29-13)28-12-3-1-2-11-15(12)9-6-7-21-10-4-5-14(24)22(11)16(9)10/h1-7,13,17-20,23,25-27H,8H2. The van der Waals surface area contributed by atoms with Crippen molar-refractivity contribution < 1.29 is 29.9 Å². The lowest BCUT2D eigenvalue weighted by Gasteiger charge is -2.39. The predicted molar refractivity (Wildman–Crippen MR) is 102 cm³/mol. The molecule has 0 spiro atoms. The van der Waals surface area contributed by atoms with Gasteiger partial charge in [-0.15, -0.1) is 0 Å². The summed E-state index contributed by atoms with van der Waals surface area (Å²) >= 11 is 0. The Morgan fingerprint density at radius 3 is 2.69 bits per heavy atom. The third-order valence-corrected chi connectivity index (χ3v) is 5.39. The molecule has 0 bridgehead atoms. The van der Waals surface area contributed by atoms with Gasteiger partial charge in [0.15, 0.2) is 0 Å². The Kier molecular flexibility index (Phi) is 4.16. The molecular weight excluding hydrogens is 380 g/mol. The summed E-state index contributed by atoms with van der Waals surface area (Å²) in [6.45, 7) is -0.552. The zero-order valence-electron chi connectivity index (χ0n) is 15.0. The van der Waals surface area contributed by atoms with Gasteiger partial charge in [-0.2, -0.15) is 0 Å². The highest BCUT2D eigenvalue weighted by molar-refractivity contribution is 6.15. The molecule has 3 aromatic heterocycles. The SMILES string of the molecule is O=c1ccc2nccc3c4c(OC5OC(CO)C(O)C(O)C5O)cccc4n1c23. The maximum atomic E-state index is 12.5. The maximum Gasteiger partial charge on any atom is 0.255 e. The van der Waals surface area contributed by atoms with Crippen molar-refractivity contribution in [1.29, 1.82) is 0 Å². The normalized spacial score (nSPS) is 27.8. The van der Waals surface area contributed by atoms with E-state index < -0.39 is 37.3 Å². The molecule has 4 aromatic rings. The summed E-state index contributed by atoms with van der Waals surface area (Å²) in [4.78, 5) is 16.8. The van der Waals surface area contributed by atoms with Crippen LogP contribution in [0.4, 0.5) is 0 Å². The van der Waals surface area contributed by atoms with Crippen molar-refractivity contribution in [1.82, 2.24) is 9.38 Å². The molecule has 29 heavy (non-hydrogen) atoms. The Bertz CT molecular complexity index is 1250. The van der Waals surface area contributed by atoms with Crippen LogP contribution in [0.2, 0.25) is 0 Å². The molecule has 1 saturated heterocycles. The van der Waals surface area contributed by atoms with Gasteiger partial charge >= 0.3 is 0 Å². The van der Waals surface area contributed by atoms with E-state index in [1.807, 2.05) is 0 Å². The summed E-state index contributed by atoms with van der Waals surface area (Å²) in [5, 5.41) is 41.0. The van der Waals surface area contributed by atoms with Gasteiger partial charge in [0, 0.05) is 17.6 Å². The van der Waals surface area contributed by atoms with Crippen molar-refractivity contribution in [3.8, 4) is 5.75 Å². The average Bonchev–Trinajstić information content (AvgIpc) is 3.08. The summed E-state index contributed by atoms with van der Waals surface area (Å²) in [6, 6.07) is 9.99. The van der Waals surface area contributed by atoms with Gasteiger partial charge in [0.1, 0.15) is 30.2 Å². The summed E-state index contributed by atoms with van der Waals surface area (Å²) in [5.74, 6) is 0.322. The van der Waals surface area contributed by atoms with Gasteiger partial charge in [-0.3, -0.25) is 14.2 Å². The van der Waals surface area contributed by atoms with Gasteiger partial charge in [0.2, 0.25) is 6.29 Å². The lowest BCUT2D eigenvalue weighted by molar-refractivity contribution is -0.277. The molecule has 0 aliphatic carbocycles. The smallest absolute Gasteiger partial charge is 0.255 e. The molecule has 4 heterocycles. The van der Waals surface area contributed by atoms with E-state index in [0.29, 0.717) is 27.7 Å². The van der Waals surface area contributed by atoms with E-state index in [-0.39, 0.29) is 5.56 Å². The first-order chi connectivity index (χ1) is 14.0. The molecule has 9 heteroatoms. The fourth-order valence-corrected chi connectivity index (χ4v) is 3.97. The van der Waals surface area contributed by atoms with E-state index in [1.165, 1.54) is 6.07 Å². The molecule has 5 atom stereocenters. The second-order valence-corrected chi connectivity index (χ2v) is 7.06.